The Kier molecular flexibility index (Phi) is 16.5. The summed E-state index contributed by atoms with van der Waals surface area (Å²) in [7, 11) is 0. The van der Waals surface area contributed by atoms with E-state index in [4.69, 9.17) is 0 Å². The molecule has 0 saturated heterocycles. The zero-order chi connectivity index (χ0) is 21.0. The zero-order valence-corrected chi connectivity index (χ0v) is 19.8. The quantitative estimate of drug-likeness (QED) is 0.131. The van der Waals surface area contributed by atoms with Crippen molar-refractivity contribution in [2.75, 3.05) is 26.2 Å². The molecule has 1 heterocycles. The number of aliphatic imine (C=N–C) groups is 1. The van der Waals surface area contributed by atoms with Crippen molar-refractivity contribution in [1.29, 1.82) is 0 Å². The fraction of sp³-hybridized carbons (Fsp3) is 0.885. The molecule has 1 aliphatic rings. The molecule has 3 nitrogen and oxygen atoms in total. The number of allylic oxidation sites excluding steroid dienone is 1. The highest BCUT2D eigenvalue weighted by Gasteiger charge is 2.35. The monoisotopic (exact) mass is 407 g/mol. The third-order valence-corrected chi connectivity index (χ3v) is 6.72. The number of aliphatic hydroxyl groups excluding tert-OH is 1. The molecule has 1 N–H and O–H groups in total. The van der Waals surface area contributed by atoms with Crippen LogP contribution in [0.4, 0.5) is 0 Å². The van der Waals surface area contributed by atoms with Crippen LogP contribution in [-0.4, -0.2) is 48.2 Å². The highest BCUT2D eigenvalue weighted by atomic mass is 16.3. The van der Waals surface area contributed by atoms with Gasteiger partial charge in [-0.1, -0.05) is 103 Å². The molecule has 29 heavy (non-hydrogen) atoms. The first-order valence-electron chi connectivity index (χ1n) is 12.9. The molecule has 0 spiro atoms. The third-order valence-electron chi connectivity index (χ3n) is 6.72. The summed E-state index contributed by atoms with van der Waals surface area (Å²) < 4.78 is 0.895. The Balaban J connectivity index is 1.89. The Bertz CT molecular complexity index is 421. The molecule has 3 heteroatoms. The third kappa shape index (κ3) is 11.9. The summed E-state index contributed by atoms with van der Waals surface area (Å²) in [6, 6.07) is 0. The lowest BCUT2D eigenvalue weighted by Gasteiger charge is -2.36. The maximum Gasteiger partial charge on any atom is 0.202 e. The van der Waals surface area contributed by atoms with Gasteiger partial charge in [-0.25, -0.2) is 4.99 Å². The van der Waals surface area contributed by atoms with Crippen LogP contribution in [0, 0.1) is 0 Å². The molecule has 0 aliphatic carbocycles. The number of aliphatic hydroxyl groups is 1. The zero-order valence-electron chi connectivity index (χ0n) is 19.8. The highest BCUT2D eigenvalue weighted by Crippen LogP contribution is 2.20. The van der Waals surface area contributed by atoms with Crippen molar-refractivity contribution in [3.63, 3.8) is 0 Å². The van der Waals surface area contributed by atoms with E-state index >= 15 is 0 Å². The molecule has 0 fully saturated rings. The van der Waals surface area contributed by atoms with Crippen LogP contribution in [0.5, 0.6) is 0 Å². The van der Waals surface area contributed by atoms with Crippen LogP contribution in [0.25, 0.3) is 0 Å². The largest absolute Gasteiger partial charge is 0.391 e. The van der Waals surface area contributed by atoms with E-state index in [2.05, 4.69) is 31.0 Å². The van der Waals surface area contributed by atoms with E-state index in [1.54, 1.807) is 0 Å². The molecule has 2 unspecified atom stereocenters. The van der Waals surface area contributed by atoms with Crippen molar-refractivity contribution in [3.8, 4) is 0 Å². The SMILES string of the molecule is CCCCCCCCCCCCCCCCC/C=C/C1N=CC[N+]1(CC)CCO. The summed E-state index contributed by atoms with van der Waals surface area (Å²) in [5.74, 6) is 0. The minimum atomic E-state index is 0.225. The fourth-order valence-electron chi connectivity index (χ4n) is 4.55. The molecule has 0 aromatic rings. The van der Waals surface area contributed by atoms with Gasteiger partial charge >= 0.3 is 0 Å². The second-order valence-corrected chi connectivity index (χ2v) is 9.08. The van der Waals surface area contributed by atoms with Gasteiger partial charge in [-0.2, -0.15) is 0 Å². The predicted octanol–water partition coefficient (Wildman–Crippen LogP) is 7.04. The van der Waals surface area contributed by atoms with Gasteiger partial charge in [-0.15, -0.1) is 0 Å². The number of hydrogen-bond acceptors (Lipinski definition) is 2. The fourth-order valence-corrected chi connectivity index (χ4v) is 4.55. The Labute approximate surface area is 182 Å². The summed E-state index contributed by atoms with van der Waals surface area (Å²) in [6.45, 7) is 7.56. The number of unbranched alkanes of at least 4 members (excludes halogenated alkanes) is 15. The molecule has 1 aliphatic heterocycles. The highest BCUT2D eigenvalue weighted by molar-refractivity contribution is 5.60. The molecule has 0 radical (unpaired) electrons. The molecule has 0 bridgehead atoms. The summed E-state index contributed by atoms with van der Waals surface area (Å²) >= 11 is 0. The van der Waals surface area contributed by atoms with Gasteiger partial charge < -0.3 is 5.11 Å². The molecule has 1 rings (SSSR count). The molecule has 2 atom stereocenters. The lowest BCUT2D eigenvalue weighted by molar-refractivity contribution is -0.929. The first-order valence-corrected chi connectivity index (χ1v) is 12.9. The lowest BCUT2D eigenvalue weighted by Crippen LogP contribution is -2.53. The van der Waals surface area contributed by atoms with Gasteiger partial charge in [0.25, 0.3) is 0 Å². The van der Waals surface area contributed by atoms with Gasteiger partial charge in [-0.3, -0.25) is 4.48 Å². The summed E-state index contributed by atoms with van der Waals surface area (Å²) in [6.07, 6.45) is 29.4. The van der Waals surface area contributed by atoms with E-state index in [0.29, 0.717) is 0 Å². The van der Waals surface area contributed by atoms with Gasteiger partial charge in [-0.05, 0) is 25.8 Å². The van der Waals surface area contributed by atoms with Crippen LogP contribution in [0.15, 0.2) is 17.1 Å². The summed E-state index contributed by atoms with van der Waals surface area (Å²) in [4.78, 5) is 4.64. The van der Waals surface area contributed by atoms with Crippen molar-refractivity contribution in [1.82, 2.24) is 0 Å². The van der Waals surface area contributed by atoms with Crippen molar-refractivity contribution in [2.45, 2.75) is 123 Å². The maximum absolute atomic E-state index is 9.37. The summed E-state index contributed by atoms with van der Waals surface area (Å²) in [5, 5.41) is 9.37. The van der Waals surface area contributed by atoms with Gasteiger partial charge in [0.15, 0.2) is 0 Å². The van der Waals surface area contributed by atoms with Crippen molar-refractivity contribution >= 4 is 6.21 Å². The average molecular weight is 408 g/mol. The molecule has 170 valence electrons. The van der Waals surface area contributed by atoms with Gasteiger partial charge in [0.2, 0.25) is 6.17 Å². The molecule has 0 aromatic carbocycles. The maximum atomic E-state index is 9.37. The predicted molar refractivity (Wildman–Crippen MR) is 129 cm³/mol. The Morgan fingerprint density at radius 1 is 0.828 bits per heavy atom. The van der Waals surface area contributed by atoms with Gasteiger partial charge in [0.1, 0.15) is 13.1 Å². The van der Waals surface area contributed by atoms with E-state index in [9.17, 15) is 5.11 Å². The van der Waals surface area contributed by atoms with Crippen molar-refractivity contribution < 1.29 is 9.59 Å². The molecular formula is C26H51N2O+. The normalized spacial score (nSPS) is 21.6. The van der Waals surface area contributed by atoms with Gasteiger partial charge in [0, 0.05) is 0 Å². The minimum absolute atomic E-state index is 0.225. The number of quaternary nitrogens is 1. The number of hydrogen-bond donors (Lipinski definition) is 1. The minimum Gasteiger partial charge on any atom is -0.391 e. The Hall–Kier alpha value is -0.670. The Morgan fingerprint density at radius 3 is 1.83 bits per heavy atom. The standard InChI is InChI=1S/C26H51N2O/c1-3-5-6-7-8-9-10-11-12-13-14-15-16-17-18-19-20-21-26-27-22-23-28(26,4-2)24-25-29/h20-22,26,29H,3-19,23-25H2,1-2H3/q+1/b21-20+. The van der Waals surface area contributed by atoms with Crippen LogP contribution in [0.1, 0.15) is 117 Å². The number of likely N-dealkylation sites (N-methyl/N-ethyl adjacent to an activating group) is 1. The Morgan fingerprint density at radius 2 is 1.34 bits per heavy atom. The molecular weight excluding hydrogens is 356 g/mol. The first kappa shape index (κ1) is 26.4. The molecule has 0 saturated carbocycles. The smallest absolute Gasteiger partial charge is 0.202 e. The van der Waals surface area contributed by atoms with E-state index in [1.807, 2.05) is 6.21 Å². The first-order chi connectivity index (χ1) is 14.3. The van der Waals surface area contributed by atoms with Crippen LogP contribution >= 0.6 is 0 Å². The number of nitrogens with zero attached hydrogens (tertiary/aromatic N) is 2. The van der Waals surface area contributed by atoms with E-state index < -0.39 is 0 Å². The van der Waals surface area contributed by atoms with Crippen molar-refractivity contribution in [3.05, 3.63) is 12.2 Å². The molecule has 0 amide bonds. The average Bonchev–Trinajstić information content (AvgIpc) is 3.13. The van der Waals surface area contributed by atoms with E-state index in [1.165, 1.54) is 103 Å². The van der Waals surface area contributed by atoms with E-state index in [-0.39, 0.29) is 12.8 Å². The second kappa shape index (κ2) is 18.1. The second-order valence-electron chi connectivity index (χ2n) is 9.08. The van der Waals surface area contributed by atoms with Crippen LogP contribution in [0.2, 0.25) is 0 Å². The summed E-state index contributed by atoms with van der Waals surface area (Å²) in [5.41, 5.74) is 0. The van der Waals surface area contributed by atoms with Crippen LogP contribution in [-0.2, 0) is 0 Å². The van der Waals surface area contributed by atoms with E-state index in [0.717, 1.165) is 24.1 Å². The topological polar surface area (TPSA) is 32.6 Å². The van der Waals surface area contributed by atoms with Crippen LogP contribution < -0.4 is 0 Å². The van der Waals surface area contributed by atoms with Crippen molar-refractivity contribution in [2.24, 2.45) is 4.99 Å². The van der Waals surface area contributed by atoms with Gasteiger partial charge in [0.05, 0.1) is 19.4 Å². The molecule has 0 aromatic heterocycles. The lowest BCUT2D eigenvalue weighted by atomic mass is 10.0. The van der Waals surface area contributed by atoms with Crippen LogP contribution in [0.3, 0.4) is 0 Å². The number of rotatable bonds is 20.